The van der Waals surface area contributed by atoms with Gasteiger partial charge in [0.15, 0.2) is 0 Å². The van der Waals surface area contributed by atoms with E-state index in [1.54, 1.807) is 0 Å². The number of nitrogens with zero attached hydrogens (tertiary/aromatic N) is 1. The molecule has 0 heterocycles. The fraction of sp³-hybridized carbons (Fsp3) is 0.571. The van der Waals surface area contributed by atoms with Gasteiger partial charge in [-0.25, -0.2) is 0 Å². The minimum absolute atomic E-state index is 0.775. The molecule has 3 nitrogen and oxygen atoms in total. The Bertz CT molecular complexity index is 370. The molecule has 0 atom stereocenters. The Kier molecular flexibility index (Phi) is 3.77. The van der Waals surface area contributed by atoms with Gasteiger partial charge >= 0.3 is 0 Å². The van der Waals surface area contributed by atoms with Gasteiger partial charge in [0.1, 0.15) is 5.75 Å². The van der Waals surface area contributed by atoms with E-state index < -0.39 is 0 Å². The fourth-order valence-corrected chi connectivity index (χ4v) is 1.96. The molecule has 0 spiro atoms. The molecule has 0 radical (unpaired) electrons. The number of rotatable bonds is 6. The standard InChI is InChI=1S/C14H22N2O/c1-3-16(4-2)13-9-12(15)7-8-14(13)17-10-11-5-6-11/h7-9,11H,3-6,10,15H2,1-2H3. The first-order valence-corrected chi connectivity index (χ1v) is 6.51. The molecule has 2 N–H and O–H groups in total. The zero-order chi connectivity index (χ0) is 12.3. The van der Waals surface area contributed by atoms with E-state index >= 15 is 0 Å². The summed E-state index contributed by atoms with van der Waals surface area (Å²) in [6.07, 6.45) is 2.63. The molecule has 1 saturated carbocycles. The van der Waals surface area contributed by atoms with Gasteiger partial charge in [0.05, 0.1) is 12.3 Å². The lowest BCUT2D eigenvalue weighted by Gasteiger charge is -2.24. The molecule has 1 fully saturated rings. The summed E-state index contributed by atoms with van der Waals surface area (Å²) in [6, 6.07) is 5.91. The summed E-state index contributed by atoms with van der Waals surface area (Å²) in [4.78, 5) is 2.28. The minimum atomic E-state index is 0.775. The summed E-state index contributed by atoms with van der Waals surface area (Å²) >= 11 is 0. The molecule has 3 heteroatoms. The Hall–Kier alpha value is -1.38. The third-order valence-electron chi connectivity index (χ3n) is 3.26. The highest BCUT2D eigenvalue weighted by Gasteiger charge is 2.22. The van der Waals surface area contributed by atoms with E-state index in [9.17, 15) is 0 Å². The molecule has 1 aliphatic carbocycles. The first-order chi connectivity index (χ1) is 8.24. The maximum atomic E-state index is 5.90. The van der Waals surface area contributed by atoms with Crippen molar-refractivity contribution in [3.8, 4) is 5.75 Å². The summed E-state index contributed by atoms with van der Waals surface area (Å²) in [6.45, 7) is 7.09. The van der Waals surface area contributed by atoms with Crippen molar-refractivity contribution in [2.24, 2.45) is 5.92 Å². The molecule has 17 heavy (non-hydrogen) atoms. The van der Waals surface area contributed by atoms with Gasteiger partial charge in [0.2, 0.25) is 0 Å². The molecule has 0 aliphatic heterocycles. The highest BCUT2D eigenvalue weighted by Crippen LogP contribution is 2.34. The van der Waals surface area contributed by atoms with Crippen LogP contribution in [0.4, 0.5) is 11.4 Å². The van der Waals surface area contributed by atoms with Crippen LogP contribution in [0.25, 0.3) is 0 Å². The highest BCUT2D eigenvalue weighted by molar-refractivity contribution is 5.65. The van der Waals surface area contributed by atoms with Crippen LogP contribution in [0.3, 0.4) is 0 Å². The average molecular weight is 234 g/mol. The van der Waals surface area contributed by atoms with Crippen LogP contribution < -0.4 is 15.4 Å². The quantitative estimate of drug-likeness (QED) is 0.769. The zero-order valence-corrected chi connectivity index (χ0v) is 10.8. The second-order valence-electron chi connectivity index (χ2n) is 4.65. The molecule has 0 aromatic heterocycles. The van der Waals surface area contributed by atoms with E-state index in [-0.39, 0.29) is 0 Å². The van der Waals surface area contributed by atoms with E-state index in [0.717, 1.165) is 42.7 Å². The van der Waals surface area contributed by atoms with Crippen LogP contribution in [0.15, 0.2) is 18.2 Å². The van der Waals surface area contributed by atoms with Crippen LogP contribution >= 0.6 is 0 Å². The summed E-state index contributed by atoms with van der Waals surface area (Å²) in [5, 5.41) is 0. The maximum Gasteiger partial charge on any atom is 0.142 e. The molecule has 1 aliphatic rings. The Morgan fingerprint density at radius 3 is 2.59 bits per heavy atom. The topological polar surface area (TPSA) is 38.5 Å². The molecule has 0 saturated heterocycles. The number of hydrogen-bond acceptors (Lipinski definition) is 3. The van der Waals surface area contributed by atoms with Crippen LogP contribution in [-0.2, 0) is 0 Å². The van der Waals surface area contributed by atoms with Crippen molar-refractivity contribution >= 4 is 11.4 Å². The molecule has 1 aromatic carbocycles. The van der Waals surface area contributed by atoms with E-state index in [0.29, 0.717) is 0 Å². The Morgan fingerprint density at radius 2 is 2.00 bits per heavy atom. The fourth-order valence-electron chi connectivity index (χ4n) is 1.96. The van der Waals surface area contributed by atoms with E-state index in [4.69, 9.17) is 10.5 Å². The second-order valence-corrected chi connectivity index (χ2v) is 4.65. The molecular formula is C14H22N2O. The number of benzene rings is 1. The number of anilines is 2. The third-order valence-corrected chi connectivity index (χ3v) is 3.26. The Morgan fingerprint density at radius 1 is 1.29 bits per heavy atom. The number of nitrogens with two attached hydrogens (primary N) is 1. The summed E-state index contributed by atoms with van der Waals surface area (Å²) in [5.74, 6) is 1.74. The molecular weight excluding hydrogens is 212 g/mol. The number of ether oxygens (including phenoxy) is 1. The lowest BCUT2D eigenvalue weighted by atomic mass is 10.2. The first kappa shape index (κ1) is 12.1. The van der Waals surface area contributed by atoms with Crippen molar-refractivity contribution in [3.05, 3.63) is 18.2 Å². The van der Waals surface area contributed by atoms with E-state index in [1.165, 1.54) is 12.8 Å². The van der Waals surface area contributed by atoms with Crippen molar-refractivity contribution in [1.82, 2.24) is 0 Å². The van der Waals surface area contributed by atoms with Gasteiger partial charge < -0.3 is 15.4 Å². The molecule has 0 unspecified atom stereocenters. The highest BCUT2D eigenvalue weighted by atomic mass is 16.5. The lowest BCUT2D eigenvalue weighted by molar-refractivity contribution is 0.300. The van der Waals surface area contributed by atoms with Gasteiger partial charge in [-0.1, -0.05) is 0 Å². The number of nitrogen functional groups attached to an aromatic ring is 1. The van der Waals surface area contributed by atoms with Crippen molar-refractivity contribution in [2.75, 3.05) is 30.3 Å². The Balaban J connectivity index is 2.15. The van der Waals surface area contributed by atoms with Gasteiger partial charge in [0, 0.05) is 18.8 Å². The first-order valence-electron chi connectivity index (χ1n) is 6.51. The summed E-state index contributed by atoms with van der Waals surface area (Å²) < 4.78 is 5.90. The SMILES string of the molecule is CCN(CC)c1cc(N)ccc1OCC1CC1. The minimum Gasteiger partial charge on any atom is -0.491 e. The second kappa shape index (κ2) is 5.30. The van der Waals surface area contributed by atoms with Crippen molar-refractivity contribution in [2.45, 2.75) is 26.7 Å². The van der Waals surface area contributed by atoms with Crippen LogP contribution in [0.5, 0.6) is 5.75 Å². The monoisotopic (exact) mass is 234 g/mol. The van der Waals surface area contributed by atoms with E-state index in [2.05, 4.69) is 18.7 Å². The predicted molar refractivity (Wildman–Crippen MR) is 72.6 cm³/mol. The summed E-state index contributed by atoms with van der Waals surface area (Å²) in [5.41, 5.74) is 7.78. The van der Waals surface area contributed by atoms with Crippen LogP contribution in [-0.4, -0.2) is 19.7 Å². The van der Waals surface area contributed by atoms with Crippen molar-refractivity contribution in [1.29, 1.82) is 0 Å². The van der Waals surface area contributed by atoms with Crippen LogP contribution in [0, 0.1) is 5.92 Å². The maximum absolute atomic E-state index is 5.90. The van der Waals surface area contributed by atoms with Gasteiger partial charge in [-0.3, -0.25) is 0 Å². The van der Waals surface area contributed by atoms with Crippen LogP contribution in [0.1, 0.15) is 26.7 Å². The van der Waals surface area contributed by atoms with Crippen LogP contribution in [0.2, 0.25) is 0 Å². The third kappa shape index (κ3) is 3.05. The van der Waals surface area contributed by atoms with Gasteiger partial charge in [-0.05, 0) is 50.8 Å². The Labute approximate surface area is 104 Å². The van der Waals surface area contributed by atoms with Crippen molar-refractivity contribution < 1.29 is 4.74 Å². The lowest BCUT2D eigenvalue weighted by Crippen LogP contribution is -2.22. The molecule has 0 bridgehead atoms. The molecule has 94 valence electrons. The van der Waals surface area contributed by atoms with Gasteiger partial charge in [-0.15, -0.1) is 0 Å². The molecule has 0 amide bonds. The zero-order valence-electron chi connectivity index (χ0n) is 10.8. The van der Waals surface area contributed by atoms with Crippen molar-refractivity contribution in [3.63, 3.8) is 0 Å². The number of hydrogen-bond donors (Lipinski definition) is 1. The van der Waals surface area contributed by atoms with E-state index in [1.807, 2.05) is 18.2 Å². The molecule has 2 rings (SSSR count). The predicted octanol–water partition coefficient (Wildman–Crippen LogP) is 2.90. The summed E-state index contributed by atoms with van der Waals surface area (Å²) in [7, 11) is 0. The smallest absolute Gasteiger partial charge is 0.142 e. The normalized spacial score (nSPS) is 14.7. The average Bonchev–Trinajstić information content (AvgIpc) is 3.13. The molecule has 1 aromatic rings. The van der Waals surface area contributed by atoms with Gasteiger partial charge in [-0.2, -0.15) is 0 Å². The van der Waals surface area contributed by atoms with Gasteiger partial charge in [0.25, 0.3) is 0 Å². The largest absolute Gasteiger partial charge is 0.491 e.